The molecular weight excluding hydrogens is 310 g/mol. The summed E-state index contributed by atoms with van der Waals surface area (Å²) < 4.78 is 0. The maximum absolute atomic E-state index is 4.42. The van der Waals surface area contributed by atoms with Gasteiger partial charge in [-0.3, -0.25) is 4.90 Å². The van der Waals surface area contributed by atoms with Crippen LogP contribution >= 0.6 is 0 Å². The number of pyridine rings is 1. The Morgan fingerprint density at radius 2 is 2.08 bits per heavy atom. The number of rotatable bonds is 5. The number of H-pyrrole nitrogens is 2. The minimum absolute atomic E-state index is 0.750. The fourth-order valence-electron chi connectivity index (χ4n) is 3.27. The zero-order valence-electron chi connectivity index (χ0n) is 14.5. The van der Waals surface area contributed by atoms with Crippen molar-refractivity contribution in [1.82, 2.24) is 24.8 Å². The van der Waals surface area contributed by atoms with Gasteiger partial charge >= 0.3 is 0 Å². The average Bonchev–Trinajstić information content (AvgIpc) is 3.16. The molecule has 0 bridgehead atoms. The van der Waals surface area contributed by atoms with Gasteiger partial charge in [-0.1, -0.05) is 12.1 Å². The Hall–Kier alpha value is -2.92. The maximum Gasteiger partial charge on any atom is 0.178 e. The fraction of sp³-hybridized carbons (Fsp3) is 0.200. The van der Waals surface area contributed by atoms with Crippen molar-refractivity contribution < 1.29 is 0 Å². The summed E-state index contributed by atoms with van der Waals surface area (Å²) in [6, 6.07) is 10.8. The summed E-state index contributed by atoms with van der Waals surface area (Å²) in [7, 11) is 2.10. The fourth-order valence-corrected chi connectivity index (χ4v) is 3.27. The van der Waals surface area contributed by atoms with Gasteiger partial charge in [0.1, 0.15) is 5.82 Å². The van der Waals surface area contributed by atoms with Crippen molar-refractivity contribution >= 4 is 22.1 Å². The highest BCUT2D eigenvalue weighted by molar-refractivity contribution is 5.94. The minimum atomic E-state index is 0.750. The first-order valence-corrected chi connectivity index (χ1v) is 8.37. The molecule has 4 aromatic rings. The SMILES string of the molecule is C=CCN(C)Cc1ccc2[nH]c(-c3ccnc4nc(C)[nH]c34)cc2c1. The first-order chi connectivity index (χ1) is 12.1. The Balaban J connectivity index is 1.74. The van der Waals surface area contributed by atoms with Crippen LogP contribution in [0.4, 0.5) is 0 Å². The van der Waals surface area contributed by atoms with Crippen molar-refractivity contribution in [2.45, 2.75) is 13.5 Å². The Labute approximate surface area is 146 Å². The van der Waals surface area contributed by atoms with Crippen LogP contribution in [0.25, 0.3) is 33.3 Å². The Morgan fingerprint density at radius 1 is 1.20 bits per heavy atom. The molecule has 0 saturated carbocycles. The Kier molecular flexibility index (Phi) is 3.86. The van der Waals surface area contributed by atoms with Crippen molar-refractivity contribution in [1.29, 1.82) is 0 Å². The monoisotopic (exact) mass is 331 g/mol. The van der Waals surface area contributed by atoms with Crippen molar-refractivity contribution in [3.63, 3.8) is 0 Å². The molecule has 3 heterocycles. The number of aryl methyl sites for hydroxylation is 1. The lowest BCUT2D eigenvalue weighted by Crippen LogP contribution is -2.17. The van der Waals surface area contributed by atoms with E-state index in [2.05, 4.69) is 62.7 Å². The summed E-state index contributed by atoms with van der Waals surface area (Å²) in [6.45, 7) is 7.53. The highest BCUT2D eigenvalue weighted by Crippen LogP contribution is 2.29. The minimum Gasteiger partial charge on any atom is -0.354 e. The Morgan fingerprint density at radius 3 is 2.92 bits per heavy atom. The van der Waals surface area contributed by atoms with Gasteiger partial charge in [-0.05, 0) is 43.8 Å². The highest BCUT2D eigenvalue weighted by Gasteiger charge is 2.11. The molecule has 0 spiro atoms. The van der Waals surface area contributed by atoms with Crippen LogP contribution in [0.2, 0.25) is 0 Å². The third-order valence-corrected chi connectivity index (χ3v) is 4.38. The van der Waals surface area contributed by atoms with Gasteiger partial charge in [-0.2, -0.15) is 0 Å². The smallest absolute Gasteiger partial charge is 0.178 e. The molecule has 0 unspecified atom stereocenters. The summed E-state index contributed by atoms with van der Waals surface area (Å²) in [6.07, 6.45) is 3.73. The molecule has 0 aliphatic carbocycles. The van der Waals surface area contributed by atoms with Crippen molar-refractivity contribution in [3.05, 3.63) is 60.6 Å². The third kappa shape index (κ3) is 2.94. The number of hydrogen-bond donors (Lipinski definition) is 2. The van der Waals surface area contributed by atoms with Gasteiger partial charge in [0, 0.05) is 41.4 Å². The van der Waals surface area contributed by atoms with Crippen LogP contribution in [-0.4, -0.2) is 38.4 Å². The molecule has 0 amide bonds. The van der Waals surface area contributed by atoms with Crippen molar-refractivity contribution in [3.8, 4) is 11.3 Å². The number of nitrogens with one attached hydrogen (secondary N) is 2. The largest absolute Gasteiger partial charge is 0.354 e. The first-order valence-electron chi connectivity index (χ1n) is 8.37. The molecule has 0 fully saturated rings. The molecule has 1 aromatic carbocycles. The van der Waals surface area contributed by atoms with Crippen LogP contribution in [0.1, 0.15) is 11.4 Å². The van der Waals surface area contributed by atoms with E-state index >= 15 is 0 Å². The summed E-state index contributed by atoms with van der Waals surface area (Å²) in [5.74, 6) is 0.874. The zero-order valence-corrected chi connectivity index (χ0v) is 14.5. The van der Waals surface area contributed by atoms with Crippen molar-refractivity contribution in [2.24, 2.45) is 0 Å². The Bertz CT molecular complexity index is 1060. The lowest BCUT2D eigenvalue weighted by molar-refractivity contribution is 0.364. The number of fused-ring (bicyclic) bond motifs is 2. The van der Waals surface area contributed by atoms with E-state index in [-0.39, 0.29) is 0 Å². The number of aromatic amines is 2. The molecule has 25 heavy (non-hydrogen) atoms. The van der Waals surface area contributed by atoms with E-state index in [4.69, 9.17) is 0 Å². The molecule has 0 aliphatic rings. The van der Waals surface area contributed by atoms with E-state index in [0.29, 0.717) is 0 Å². The summed E-state index contributed by atoms with van der Waals surface area (Å²) in [4.78, 5) is 17.8. The van der Waals surface area contributed by atoms with Gasteiger partial charge in [0.15, 0.2) is 5.65 Å². The van der Waals surface area contributed by atoms with E-state index in [0.717, 1.165) is 46.9 Å². The van der Waals surface area contributed by atoms with Crippen LogP contribution in [0.3, 0.4) is 0 Å². The average molecular weight is 331 g/mol. The number of hydrogen-bond acceptors (Lipinski definition) is 3. The van der Waals surface area contributed by atoms with Gasteiger partial charge in [0.2, 0.25) is 0 Å². The van der Waals surface area contributed by atoms with Gasteiger partial charge in [0.25, 0.3) is 0 Å². The summed E-state index contributed by atoms with van der Waals surface area (Å²) in [5.41, 5.74) is 6.30. The van der Waals surface area contributed by atoms with E-state index in [1.807, 2.05) is 19.1 Å². The predicted molar refractivity (Wildman–Crippen MR) is 102 cm³/mol. The molecule has 5 nitrogen and oxygen atoms in total. The van der Waals surface area contributed by atoms with Gasteiger partial charge in [-0.25, -0.2) is 9.97 Å². The molecule has 0 aliphatic heterocycles. The molecule has 126 valence electrons. The maximum atomic E-state index is 4.42. The lowest BCUT2D eigenvalue weighted by atomic mass is 10.1. The quantitative estimate of drug-likeness (QED) is 0.543. The molecule has 2 N–H and O–H groups in total. The second-order valence-corrected chi connectivity index (χ2v) is 6.47. The second kappa shape index (κ2) is 6.18. The zero-order chi connectivity index (χ0) is 17.4. The van der Waals surface area contributed by atoms with E-state index < -0.39 is 0 Å². The van der Waals surface area contributed by atoms with Gasteiger partial charge in [-0.15, -0.1) is 6.58 Å². The molecule has 0 radical (unpaired) electrons. The van der Waals surface area contributed by atoms with Crippen molar-refractivity contribution in [2.75, 3.05) is 13.6 Å². The first kappa shape index (κ1) is 15.6. The predicted octanol–water partition coefficient (Wildman–Crippen LogP) is 4.03. The van der Waals surface area contributed by atoms with Crippen LogP contribution in [-0.2, 0) is 6.54 Å². The normalized spacial score (nSPS) is 11.6. The number of imidazole rings is 1. The number of benzene rings is 1. The standard InChI is InChI=1S/C20H21N5/c1-4-9-25(3)12-14-5-6-17-15(10-14)11-18(24-17)16-7-8-21-20-19(16)22-13(2)23-20/h4-8,10-11,24H,1,9,12H2,2-3H3,(H,21,22,23). The second-order valence-electron chi connectivity index (χ2n) is 6.47. The lowest BCUT2D eigenvalue weighted by Gasteiger charge is -2.13. The van der Waals surface area contributed by atoms with E-state index in [1.54, 1.807) is 6.20 Å². The van der Waals surface area contributed by atoms with Crippen LogP contribution < -0.4 is 0 Å². The van der Waals surface area contributed by atoms with Crippen LogP contribution in [0.15, 0.2) is 49.2 Å². The molecule has 4 rings (SSSR count). The number of likely N-dealkylation sites (N-methyl/N-ethyl adjacent to an activating group) is 1. The molecule has 0 atom stereocenters. The topological polar surface area (TPSA) is 60.6 Å². The molecule has 5 heteroatoms. The third-order valence-electron chi connectivity index (χ3n) is 4.38. The summed E-state index contributed by atoms with van der Waals surface area (Å²) >= 11 is 0. The van der Waals surface area contributed by atoms with Gasteiger partial charge < -0.3 is 9.97 Å². The van der Waals surface area contributed by atoms with Crippen LogP contribution in [0.5, 0.6) is 0 Å². The van der Waals surface area contributed by atoms with E-state index in [9.17, 15) is 0 Å². The van der Waals surface area contributed by atoms with Crippen LogP contribution in [0, 0.1) is 6.92 Å². The number of nitrogens with zero attached hydrogens (tertiary/aromatic N) is 3. The molecule has 3 aromatic heterocycles. The molecular formula is C20H21N5. The summed E-state index contributed by atoms with van der Waals surface area (Å²) in [5, 5.41) is 1.21. The highest BCUT2D eigenvalue weighted by atomic mass is 15.1. The number of aromatic nitrogens is 4. The van der Waals surface area contributed by atoms with E-state index in [1.165, 1.54) is 10.9 Å². The van der Waals surface area contributed by atoms with Gasteiger partial charge in [0.05, 0.1) is 5.52 Å². The molecule has 0 saturated heterocycles.